The predicted octanol–water partition coefficient (Wildman–Crippen LogP) is 3.34. The summed E-state index contributed by atoms with van der Waals surface area (Å²) in [5.41, 5.74) is 1.96. The fraction of sp³-hybridized carbons (Fsp3) is 0.250. The number of sulfonamides is 1. The number of rotatable bonds is 5. The SMILES string of the molecule is C/C(=C\C(=O)O)c1cccc(S(=O)(=O)N2CCN(c3ccccc3Cl)CC2)c1. The lowest BCUT2D eigenvalue weighted by Crippen LogP contribution is -2.48. The van der Waals surface area contributed by atoms with Crippen LogP contribution in [0, 0.1) is 0 Å². The van der Waals surface area contributed by atoms with Crippen LogP contribution in [0.3, 0.4) is 0 Å². The molecule has 0 unspecified atom stereocenters. The molecule has 0 atom stereocenters. The largest absolute Gasteiger partial charge is 0.478 e. The molecule has 0 spiro atoms. The van der Waals surface area contributed by atoms with Gasteiger partial charge in [-0.25, -0.2) is 13.2 Å². The zero-order valence-electron chi connectivity index (χ0n) is 15.4. The Labute approximate surface area is 169 Å². The molecule has 28 heavy (non-hydrogen) atoms. The molecule has 1 aliphatic rings. The summed E-state index contributed by atoms with van der Waals surface area (Å²) >= 11 is 6.24. The first-order valence-corrected chi connectivity index (χ1v) is 10.6. The number of anilines is 1. The van der Waals surface area contributed by atoms with Gasteiger partial charge >= 0.3 is 5.97 Å². The number of carbonyl (C=O) groups is 1. The topological polar surface area (TPSA) is 77.9 Å². The Morgan fingerprint density at radius 2 is 1.75 bits per heavy atom. The molecule has 2 aromatic carbocycles. The molecular formula is C20H21ClN2O4S. The van der Waals surface area contributed by atoms with Gasteiger partial charge in [-0.15, -0.1) is 0 Å². The first kappa shape index (κ1) is 20.4. The lowest BCUT2D eigenvalue weighted by molar-refractivity contribution is -0.131. The van der Waals surface area contributed by atoms with Crippen molar-refractivity contribution in [1.29, 1.82) is 0 Å². The molecule has 1 aliphatic heterocycles. The van der Waals surface area contributed by atoms with E-state index in [1.54, 1.807) is 19.1 Å². The van der Waals surface area contributed by atoms with E-state index in [0.717, 1.165) is 11.8 Å². The summed E-state index contributed by atoms with van der Waals surface area (Å²) < 4.78 is 27.5. The molecule has 6 nitrogen and oxygen atoms in total. The number of aliphatic carboxylic acids is 1. The van der Waals surface area contributed by atoms with Gasteiger partial charge in [-0.3, -0.25) is 0 Å². The molecule has 2 aromatic rings. The minimum absolute atomic E-state index is 0.161. The van der Waals surface area contributed by atoms with Gasteiger partial charge in [0.15, 0.2) is 0 Å². The minimum atomic E-state index is -3.66. The number of carboxylic acid groups (broad SMARTS) is 1. The molecular weight excluding hydrogens is 400 g/mol. The second kappa shape index (κ2) is 8.34. The van der Waals surface area contributed by atoms with Crippen molar-refractivity contribution in [2.45, 2.75) is 11.8 Å². The van der Waals surface area contributed by atoms with E-state index in [9.17, 15) is 13.2 Å². The number of allylic oxidation sites excluding steroid dienone is 1. The van der Waals surface area contributed by atoms with Crippen molar-refractivity contribution in [3.63, 3.8) is 0 Å². The predicted molar refractivity (Wildman–Crippen MR) is 110 cm³/mol. The first-order chi connectivity index (χ1) is 13.3. The van der Waals surface area contributed by atoms with Gasteiger partial charge in [0.05, 0.1) is 15.6 Å². The van der Waals surface area contributed by atoms with Gasteiger partial charge in [0.25, 0.3) is 0 Å². The Bertz CT molecular complexity index is 1010. The number of hydrogen-bond donors (Lipinski definition) is 1. The monoisotopic (exact) mass is 420 g/mol. The molecule has 0 radical (unpaired) electrons. The molecule has 148 valence electrons. The molecule has 1 saturated heterocycles. The summed E-state index contributed by atoms with van der Waals surface area (Å²) in [6.45, 7) is 3.42. The number of piperazine rings is 1. The van der Waals surface area contributed by atoms with E-state index in [4.69, 9.17) is 16.7 Å². The van der Waals surface area contributed by atoms with Crippen LogP contribution in [-0.4, -0.2) is 50.0 Å². The van der Waals surface area contributed by atoms with E-state index in [1.165, 1.54) is 16.4 Å². The van der Waals surface area contributed by atoms with Crippen LogP contribution in [0.2, 0.25) is 5.02 Å². The highest BCUT2D eigenvalue weighted by molar-refractivity contribution is 7.89. The highest BCUT2D eigenvalue weighted by atomic mass is 35.5. The molecule has 8 heteroatoms. The average Bonchev–Trinajstić information content (AvgIpc) is 2.68. The maximum atomic E-state index is 13.0. The van der Waals surface area contributed by atoms with Gasteiger partial charge in [-0.05, 0) is 42.3 Å². The standard InChI is InChI=1S/C20H21ClN2O4S/c1-15(13-20(24)25)16-5-4-6-17(14-16)28(26,27)23-11-9-22(10-12-23)19-8-3-2-7-18(19)21/h2-8,13-14H,9-12H2,1H3,(H,24,25)/b15-13+. The highest BCUT2D eigenvalue weighted by Crippen LogP contribution is 2.28. The maximum absolute atomic E-state index is 13.0. The molecule has 0 amide bonds. The van der Waals surface area contributed by atoms with Crippen LogP contribution in [-0.2, 0) is 14.8 Å². The van der Waals surface area contributed by atoms with Crippen LogP contribution in [0.5, 0.6) is 0 Å². The minimum Gasteiger partial charge on any atom is -0.478 e. The number of nitrogens with zero attached hydrogens (tertiary/aromatic N) is 2. The summed E-state index contributed by atoms with van der Waals surface area (Å²) in [4.78, 5) is 13.1. The third kappa shape index (κ3) is 4.38. The zero-order valence-corrected chi connectivity index (χ0v) is 16.9. The Morgan fingerprint density at radius 1 is 1.07 bits per heavy atom. The Kier molecular flexibility index (Phi) is 6.07. The average molecular weight is 421 g/mol. The van der Waals surface area contributed by atoms with E-state index in [0.29, 0.717) is 42.3 Å². The Balaban J connectivity index is 1.78. The summed E-state index contributed by atoms with van der Waals surface area (Å²) in [6, 6.07) is 13.9. The van der Waals surface area contributed by atoms with Crippen molar-refractivity contribution >= 4 is 38.9 Å². The van der Waals surface area contributed by atoms with Crippen LogP contribution >= 0.6 is 11.6 Å². The van der Waals surface area contributed by atoms with Gasteiger partial charge in [-0.2, -0.15) is 4.31 Å². The summed E-state index contributed by atoms with van der Waals surface area (Å²) in [5.74, 6) is -1.07. The number of para-hydroxylation sites is 1. The molecule has 1 heterocycles. The summed E-state index contributed by atoms with van der Waals surface area (Å²) in [6.07, 6.45) is 1.06. The fourth-order valence-electron chi connectivity index (χ4n) is 3.20. The van der Waals surface area contributed by atoms with Crippen LogP contribution in [0.15, 0.2) is 59.5 Å². The zero-order chi connectivity index (χ0) is 20.3. The van der Waals surface area contributed by atoms with Gasteiger partial charge in [0, 0.05) is 32.3 Å². The first-order valence-electron chi connectivity index (χ1n) is 8.80. The number of halogens is 1. The Morgan fingerprint density at radius 3 is 2.39 bits per heavy atom. The quantitative estimate of drug-likeness (QED) is 0.750. The van der Waals surface area contributed by atoms with E-state index >= 15 is 0 Å². The van der Waals surface area contributed by atoms with Crippen LogP contribution < -0.4 is 4.90 Å². The number of hydrogen-bond acceptors (Lipinski definition) is 4. The van der Waals surface area contributed by atoms with Gasteiger partial charge in [-0.1, -0.05) is 35.9 Å². The van der Waals surface area contributed by atoms with E-state index in [2.05, 4.69) is 4.90 Å². The van der Waals surface area contributed by atoms with Gasteiger partial charge in [0.1, 0.15) is 0 Å². The second-order valence-electron chi connectivity index (χ2n) is 6.54. The molecule has 0 bridgehead atoms. The third-order valence-electron chi connectivity index (χ3n) is 4.70. The van der Waals surface area contributed by atoms with Gasteiger partial charge in [0.2, 0.25) is 10.0 Å². The normalized spacial score (nSPS) is 16.2. The van der Waals surface area contributed by atoms with Crippen molar-refractivity contribution in [1.82, 2.24) is 4.31 Å². The molecule has 1 N–H and O–H groups in total. The molecule has 0 aliphatic carbocycles. The number of benzene rings is 2. The van der Waals surface area contributed by atoms with Crippen LogP contribution in [0.1, 0.15) is 12.5 Å². The Hall–Kier alpha value is -2.35. The molecule has 0 saturated carbocycles. The summed E-state index contributed by atoms with van der Waals surface area (Å²) in [5, 5.41) is 9.55. The van der Waals surface area contributed by atoms with Crippen molar-refractivity contribution in [3.05, 3.63) is 65.2 Å². The van der Waals surface area contributed by atoms with E-state index < -0.39 is 16.0 Å². The van der Waals surface area contributed by atoms with Crippen LogP contribution in [0.25, 0.3) is 5.57 Å². The number of carboxylic acids is 1. The molecule has 3 rings (SSSR count). The van der Waals surface area contributed by atoms with Crippen molar-refractivity contribution in [2.75, 3.05) is 31.1 Å². The highest BCUT2D eigenvalue weighted by Gasteiger charge is 2.29. The molecule has 0 aromatic heterocycles. The van der Waals surface area contributed by atoms with Gasteiger partial charge < -0.3 is 10.0 Å². The third-order valence-corrected chi connectivity index (χ3v) is 6.91. The van der Waals surface area contributed by atoms with E-state index in [-0.39, 0.29) is 4.90 Å². The lowest BCUT2D eigenvalue weighted by Gasteiger charge is -2.35. The molecule has 1 fully saturated rings. The van der Waals surface area contributed by atoms with Crippen molar-refractivity contribution in [2.24, 2.45) is 0 Å². The fourth-order valence-corrected chi connectivity index (χ4v) is 4.92. The lowest BCUT2D eigenvalue weighted by atomic mass is 10.1. The van der Waals surface area contributed by atoms with E-state index in [1.807, 2.05) is 24.3 Å². The summed E-state index contributed by atoms with van der Waals surface area (Å²) in [7, 11) is -3.66. The second-order valence-corrected chi connectivity index (χ2v) is 8.88. The smallest absolute Gasteiger partial charge is 0.328 e. The van der Waals surface area contributed by atoms with Crippen molar-refractivity contribution < 1.29 is 18.3 Å². The van der Waals surface area contributed by atoms with Crippen molar-refractivity contribution in [3.8, 4) is 0 Å². The maximum Gasteiger partial charge on any atom is 0.328 e. The van der Waals surface area contributed by atoms with Crippen LogP contribution in [0.4, 0.5) is 5.69 Å².